The van der Waals surface area contributed by atoms with Crippen LogP contribution in [0.25, 0.3) is 6.08 Å². The molecule has 0 aliphatic carbocycles. The lowest BCUT2D eigenvalue weighted by molar-refractivity contribution is -0.116. The normalized spacial score (nSPS) is 12.3. The molecule has 1 unspecified atom stereocenters. The van der Waals surface area contributed by atoms with Crippen molar-refractivity contribution in [2.75, 3.05) is 12.8 Å². The fraction of sp³-hybridized carbons (Fsp3) is 0.167. The van der Waals surface area contributed by atoms with Gasteiger partial charge in [0.25, 0.3) is 0 Å². The highest BCUT2D eigenvalue weighted by Crippen LogP contribution is 2.15. The van der Waals surface area contributed by atoms with Gasteiger partial charge in [0.15, 0.2) is 0 Å². The molecule has 2 N–H and O–H groups in total. The molecule has 0 radical (unpaired) electrons. The largest absolute Gasteiger partial charge is 0.387 e. The fourth-order valence-electron chi connectivity index (χ4n) is 1.95. The average Bonchev–Trinajstić information content (AvgIpc) is 2.59. The van der Waals surface area contributed by atoms with Crippen LogP contribution in [0.15, 0.2) is 59.5 Å². The Labute approximate surface area is 139 Å². The van der Waals surface area contributed by atoms with E-state index in [1.807, 2.05) is 30.5 Å². The Balaban J connectivity index is 1.84. The maximum absolute atomic E-state index is 12.8. The van der Waals surface area contributed by atoms with Crippen LogP contribution in [-0.2, 0) is 4.79 Å². The second-order valence-electron chi connectivity index (χ2n) is 4.92. The molecular weight excluding hydrogens is 313 g/mol. The predicted molar refractivity (Wildman–Crippen MR) is 91.6 cm³/mol. The Kier molecular flexibility index (Phi) is 6.38. The van der Waals surface area contributed by atoms with E-state index >= 15 is 0 Å². The molecule has 0 saturated carbocycles. The van der Waals surface area contributed by atoms with Gasteiger partial charge in [0, 0.05) is 17.5 Å². The highest BCUT2D eigenvalue weighted by Gasteiger charge is 2.08. The number of carbonyl (C=O) groups is 1. The first kappa shape index (κ1) is 17.2. The van der Waals surface area contributed by atoms with Crippen molar-refractivity contribution in [3.05, 3.63) is 71.6 Å². The number of benzene rings is 2. The standard InChI is InChI=1S/C18H18FNO2S/c1-23-16-9-2-13(3-10-16)4-11-18(22)20-12-17(21)14-5-7-15(19)8-6-14/h2-11,17,21H,12H2,1H3,(H,20,22)/b11-4+. The van der Waals surface area contributed by atoms with Crippen molar-refractivity contribution in [2.24, 2.45) is 0 Å². The minimum atomic E-state index is -0.867. The number of aliphatic hydroxyl groups is 1. The van der Waals surface area contributed by atoms with Gasteiger partial charge in [-0.3, -0.25) is 4.79 Å². The lowest BCUT2D eigenvalue weighted by atomic mass is 10.1. The molecule has 23 heavy (non-hydrogen) atoms. The Bertz CT molecular complexity index is 668. The SMILES string of the molecule is CSc1ccc(/C=C/C(=O)NCC(O)c2ccc(F)cc2)cc1. The molecule has 2 aromatic rings. The monoisotopic (exact) mass is 331 g/mol. The minimum absolute atomic E-state index is 0.0697. The van der Waals surface area contributed by atoms with Crippen LogP contribution in [0, 0.1) is 5.82 Å². The molecule has 0 bridgehead atoms. The molecule has 0 heterocycles. The van der Waals surface area contributed by atoms with Crippen molar-refractivity contribution in [2.45, 2.75) is 11.0 Å². The highest BCUT2D eigenvalue weighted by atomic mass is 32.2. The van der Waals surface area contributed by atoms with E-state index in [0.717, 1.165) is 10.5 Å². The van der Waals surface area contributed by atoms with Gasteiger partial charge in [0.1, 0.15) is 5.82 Å². The van der Waals surface area contributed by atoms with Crippen molar-refractivity contribution in [3.63, 3.8) is 0 Å². The fourth-order valence-corrected chi connectivity index (χ4v) is 2.35. The molecule has 0 aliphatic rings. The summed E-state index contributed by atoms with van der Waals surface area (Å²) in [6, 6.07) is 13.4. The smallest absolute Gasteiger partial charge is 0.244 e. The molecule has 120 valence electrons. The molecule has 0 aromatic heterocycles. The maximum Gasteiger partial charge on any atom is 0.244 e. The van der Waals surface area contributed by atoms with Crippen LogP contribution in [0.3, 0.4) is 0 Å². The summed E-state index contributed by atoms with van der Waals surface area (Å²) < 4.78 is 12.8. The molecule has 5 heteroatoms. The Morgan fingerprint density at radius 2 is 1.87 bits per heavy atom. The van der Waals surface area contributed by atoms with Crippen molar-refractivity contribution in [1.29, 1.82) is 0 Å². The van der Waals surface area contributed by atoms with Gasteiger partial charge in [-0.05, 0) is 47.7 Å². The quantitative estimate of drug-likeness (QED) is 0.630. The zero-order chi connectivity index (χ0) is 16.7. The molecule has 1 atom stereocenters. The third-order valence-corrected chi connectivity index (χ3v) is 4.01. The van der Waals surface area contributed by atoms with Crippen LogP contribution in [0.2, 0.25) is 0 Å². The third-order valence-electron chi connectivity index (χ3n) is 3.27. The van der Waals surface area contributed by atoms with Gasteiger partial charge in [0.05, 0.1) is 6.10 Å². The third kappa shape index (κ3) is 5.54. The molecule has 0 fully saturated rings. The second kappa shape index (κ2) is 8.50. The molecule has 3 nitrogen and oxygen atoms in total. The summed E-state index contributed by atoms with van der Waals surface area (Å²) in [5.41, 5.74) is 1.49. The maximum atomic E-state index is 12.8. The number of aliphatic hydroxyl groups excluding tert-OH is 1. The van der Waals surface area contributed by atoms with Crippen LogP contribution in [0.1, 0.15) is 17.2 Å². The van der Waals surface area contributed by atoms with E-state index in [0.29, 0.717) is 5.56 Å². The van der Waals surface area contributed by atoms with E-state index in [9.17, 15) is 14.3 Å². The van der Waals surface area contributed by atoms with Gasteiger partial charge >= 0.3 is 0 Å². The van der Waals surface area contributed by atoms with Gasteiger partial charge < -0.3 is 10.4 Å². The Morgan fingerprint density at radius 3 is 2.48 bits per heavy atom. The highest BCUT2D eigenvalue weighted by molar-refractivity contribution is 7.98. The number of amides is 1. The van der Waals surface area contributed by atoms with E-state index in [-0.39, 0.29) is 18.3 Å². The van der Waals surface area contributed by atoms with Gasteiger partial charge in [-0.1, -0.05) is 24.3 Å². The number of carbonyl (C=O) groups excluding carboxylic acids is 1. The summed E-state index contributed by atoms with van der Waals surface area (Å²) in [5, 5.41) is 12.6. The first-order valence-corrected chi connectivity index (χ1v) is 8.34. The number of hydrogen-bond donors (Lipinski definition) is 2. The summed E-state index contributed by atoms with van der Waals surface area (Å²) in [6.07, 6.45) is 4.27. The van der Waals surface area contributed by atoms with Crippen molar-refractivity contribution >= 4 is 23.7 Å². The topological polar surface area (TPSA) is 49.3 Å². The first-order chi connectivity index (χ1) is 11.1. The van der Waals surface area contributed by atoms with Gasteiger partial charge in [-0.15, -0.1) is 11.8 Å². The van der Waals surface area contributed by atoms with Crippen molar-refractivity contribution in [3.8, 4) is 0 Å². The molecule has 0 spiro atoms. The molecular formula is C18H18FNO2S. The number of rotatable bonds is 6. The first-order valence-electron chi connectivity index (χ1n) is 7.12. The number of thioether (sulfide) groups is 1. The average molecular weight is 331 g/mol. The zero-order valence-corrected chi connectivity index (χ0v) is 13.5. The van der Waals surface area contributed by atoms with Gasteiger partial charge in [0.2, 0.25) is 5.91 Å². The summed E-state index contributed by atoms with van der Waals surface area (Å²) in [6.45, 7) is 0.0697. The van der Waals surface area contributed by atoms with E-state index in [2.05, 4.69) is 5.32 Å². The summed E-state index contributed by atoms with van der Waals surface area (Å²) in [5.74, 6) is -0.652. The van der Waals surface area contributed by atoms with E-state index < -0.39 is 6.10 Å². The zero-order valence-electron chi connectivity index (χ0n) is 12.7. The van der Waals surface area contributed by atoms with Crippen LogP contribution in [-0.4, -0.2) is 23.8 Å². The lowest BCUT2D eigenvalue weighted by Gasteiger charge is -2.11. The summed E-state index contributed by atoms with van der Waals surface area (Å²) in [7, 11) is 0. The van der Waals surface area contributed by atoms with Crippen LogP contribution >= 0.6 is 11.8 Å². The summed E-state index contributed by atoms with van der Waals surface area (Å²) >= 11 is 1.66. The molecule has 2 rings (SSSR count). The summed E-state index contributed by atoms with van der Waals surface area (Å²) in [4.78, 5) is 12.9. The number of halogens is 1. The van der Waals surface area contributed by atoms with Crippen LogP contribution < -0.4 is 5.32 Å². The van der Waals surface area contributed by atoms with E-state index in [1.54, 1.807) is 17.8 Å². The van der Waals surface area contributed by atoms with Crippen LogP contribution in [0.5, 0.6) is 0 Å². The molecule has 2 aromatic carbocycles. The van der Waals surface area contributed by atoms with E-state index in [4.69, 9.17) is 0 Å². The Hall–Kier alpha value is -2.11. The Morgan fingerprint density at radius 1 is 1.22 bits per heavy atom. The van der Waals surface area contributed by atoms with E-state index in [1.165, 1.54) is 30.3 Å². The van der Waals surface area contributed by atoms with Crippen molar-refractivity contribution in [1.82, 2.24) is 5.32 Å². The molecule has 1 amide bonds. The van der Waals surface area contributed by atoms with Gasteiger partial charge in [-0.2, -0.15) is 0 Å². The number of hydrogen-bond acceptors (Lipinski definition) is 3. The number of nitrogens with one attached hydrogen (secondary N) is 1. The van der Waals surface area contributed by atoms with Gasteiger partial charge in [-0.25, -0.2) is 4.39 Å². The lowest BCUT2D eigenvalue weighted by Crippen LogP contribution is -2.26. The van der Waals surface area contributed by atoms with Crippen LogP contribution in [0.4, 0.5) is 4.39 Å². The molecule has 0 saturated heterocycles. The van der Waals surface area contributed by atoms with Crippen molar-refractivity contribution < 1.29 is 14.3 Å². The second-order valence-corrected chi connectivity index (χ2v) is 5.80. The minimum Gasteiger partial charge on any atom is -0.387 e. The molecule has 0 aliphatic heterocycles. The predicted octanol–water partition coefficient (Wildman–Crippen LogP) is 3.41.